The van der Waals surface area contributed by atoms with E-state index in [1.54, 1.807) is 12.1 Å². The Bertz CT molecular complexity index is 479. The van der Waals surface area contributed by atoms with Gasteiger partial charge in [0.1, 0.15) is 0 Å². The molecular formula is C13H17N3O. The average Bonchev–Trinajstić information content (AvgIpc) is 2.54. The standard InChI is InChI=1S/C13H17N3O/c1-8(2)12-9(3)15-16(13(12)17)11-6-4-5-10(14)7-11/h4-8,12H,14H2,1-3H3. The van der Waals surface area contributed by atoms with Crippen LogP contribution in [0.3, 0.4) is 0 Å². The predicted molar refractivity (Wildman–Crippen MR) is 69.8 cm³/mol. The van der Waals surface area contributed by atoms with E-state index < -0.39 is 0 Å². The summed E-state index contributed by atoms with van der Waals surface area (Å²) >= 11 is 0. The van der Waals surface area contributed by atoms with Crippen molar-refractivity contribution >= 4 is 23.0 Å². The Balaban J connectivity index is 2.34. The zero-order valence-corrected chi connectivity index (χ0v) is 10.3. The molecule has 2 rings (SSSR count). The molecule has 4 nitrogen and oxygen atoms in total. The van der Waals surface area contributed by atoms with Gasteiger partial charge < -0.3 is 5.73 Å². The van der Waals surface area contributed by atoms with Crippen LogP contribution < -0.4 is 10.7 Å². The van der Waals surface area contributed by atoms with Crippen molar-refractivity contribution < 1.29 is 4.79 Å². The Morgan fingerprint density at radius 1 is 1.41 bits per heavy atom. The molecule has 1 aliphatic heterocycles. The summed E-state index contributed by atoms with van der Waals surface area (Å²) in [4.78, 5) is 12.2. The number of benzene rings is 1. The number of nitrogens with two attached hydrogens (primary N) is 1. The summed E-state index contributed by atoms with van der Waals surface area (Å²) in [6.45, 7) is 5.96. The molecule has 0 bridgehead atoms. The molecule has 1 aromatic carbocycles. The third kappa shape index (κ3) is 2.02. The van der Waals surface area contributed by atoms with E-state index in [0.29, 0.717) is 5.69 Å². The first kappa shape index (κ1) is 11.6. The number of hydrogen-bond donors (Lipinski definition) is 1. The normalized spacial score (nSPS) is 20.0. The second-order valence-corrected chi connectivity index (χ2v) is 4.71. The first-order valence-corrected chi connectivity index (χ1v) is 5.75. The van der Waals surface area contributed by atoms with Crippen LogP contribution in [0.15, 0.2) is 29.4 Å². The Morgan fingerprint density at radius 2 is 2.12 bits per heavy atom. The lowest BCUT2D eigenvalue weighted by Crippen LogP contribution is -2.30. The van der Waals surface area contributed by atoms with E-state index in [1.165, 1.54) is 5.01 Å². The summed E-state index contributed by atoms with van der Waals surface area (Å²) in [5.74, 6) is 0.178. The first-order chi connectivity index (χ1) is 8.00. The van der Waals surface area contributed by atoms with Crippen LogP contribution in [0.4, 0.5) is 11.4 Å². The second kappa shape index (κ2) is 4.20. The molecule has 1 unspecified atom stereocenters. The number of nitrogens with zero attached hydrogens (tertiary/aromatic N) is 2. The van der Waals surface area contributed by atoms with Gasteiger partial charge in [0.25, 0.3) is 5.91 Å². The van der Waals surface area contributed by atoms with Crippen LogP contribution in [0.25, 0.3) is 0 Å². The van der Waals surface area contributed by atoms with Crippen molar-refractivity contribution in [1.29, 1.82) is 0 Å². The van der Waals surface area contributed by atoms with Gasteiger partial charge in [-0.2, -0.15) is 5.10 Å². The number of rotatable bonds is 2. The SMILES string of the molecule is CC1=NN(c2cccc(N)c2)C(=O)C1C(C)C. The highest BCUT2D eigenvalue weighted by Crippen LogP contribution is 2.28. The molecule has 1 aliphatic rings. The van der Waals surface area contributed by atoms with Gasteiger partial charge in [-0.05, 0) is 31.0 Å². The van der Waals surface area contributed by atoms with Crippen molar-refractivity contribution in [2.24, 2.45) is 16.9 Å². The predicted octanol–water partition coefficient (Wildman–Crippen LogP) is 2.26. The highest BCUT2D eigenvalue weighted by atomic mass is 16.2. The fraction of sp³-hybridized carbons (Fsp3) is 0.385. The Morgan fingerprint density at radius 3 is 2.65 bits per heavy atom. The molecule has 2 N–H and O–H groups in total. The third-order valence-electron chi connectivity index (χ3n) is 2.96. The van der Waals surface area contributed by atoms with Gasteiger partial charge in [-0.25, -0.2) is 5.01 Å². The molecule has 0 aliphatic carbocycles. The highest BCUT2D eigenvalue weighted by molar-refractivity contribution is 6.15. The first-order valence-electron chi connectivity index (χ1n) is 5.75. The molecule has 90 valence electrons. The molecule has 0 saturated carbocycles. The number of hydrogen-bond acceptors (Lipinski definition) is 3. The van der Waals surface area contributed by atoms with Gasteiger partial charge in [0, 0.05) is 11.4 Å². The summed E-state index contributed by atoms with van der Waals surface area (Å²) in [7, 11) is 0. The Kier molecular flexibility index (Phi) is 2.88. The Hall–Kier alpha value is -1.84. The summed E-state index contributed by atoms with van der Waals surface area (Å²) in [5.41, 5.74) is 7.95. The molecule has 17 heavy (non-hydrogen) atoms. The van der Waals surface area contributed by atoms with Crippen LogP contribution in [-0.2, 0) is 4.79 Å². The zero-order valence-electron chi connectivity index (χ0n) is 10.3. The largest absolute Gasteiger partial charge is 0.399 e. The lowest BCUT2D eigenvalue weighted by molar-refractivity contribution is -0.120. The number of anilines is 2. The minimum absolute atomic E-state index is 0.0306. The smallest absolute Gasteiger partial charge is 0.256 e. The van der Waals surface area contributed by atoms with E-state index in [1.807, 2.05) is 32.9 Å². The van der Waals surface area contributed by atoms with Crippen molar-refractivity contribution in [3.05, 3.63) is 24.3 Å². The van der Waals surface area contributed by atoms with Crippen LogP contribution in [0.5, 0.6) is 0 Å². The molecule has 0 fully saturated rings. The fourth-order valence-corrected chi connectivity index (χ4v) is 2.19. The third-order valence-corrected chi connectivity index (χ3v) is 2.96. The topological polar surface area (TPSA) is 58.7 Å². The summed E-state index contributed by atoms with van der Waals surface area (Å²) in [6, 6.07) is 7.22. The van der Waals surface area contributed by atoms with Gasteiger partial charge in [0.15, 0.2) is 0 Å². The quantitative estimate of drug-likeness (QED) is 0.794. The minimum atomic E-state index is -0.114. The molecule has 0 radical (unpaired) electrons. The Labute approximate surface area is 101 Å². The molecule has 0 spiro atoms. The van der Waals surface area contributed by atoms with Gasteiger partial charge in [0.05, 0.1) is 11.6 Å². The summed E-state index contributed by atoms with van der Waals surface area (Å²) < 4.78 is 0. The number of hydrazone groups is 1. The van der Waals surface area contributed by atoms with Crippen molar-refractivity contribution in [3.63, 3.8) is 0 Å². The maximum Gasteiger partial charge on any atom is 0.256 e. The minimum Gasteiger partial charge on any atom is -0.399 e. The second-order valence-electron chi connectivity index (χ2n) is 4.71. The summed E-state index contributed by atoms with van der Waals surface area (Å²) in [5, 5.41) is 5.78. The maximum absolute atomic E-state index is 12.2. The average molecular weight is 231 g/mol. The van der Waals surface area contributed by atoms with Gasteiger partial charge in [-0.15, -0.1) is 0 Å². The molecule has 1 amide bonds. The van der Waals surface area contributed by atoms with E-state index in [9.17, 15) is 4.79 Å². The molecule has 1 atom stereocenters. The van der Waals surface area contributed by atoms with Crippen molar-refractivity contribution in [3.8, 4) is 0 Å². The van der Waals surface area contributed by atoms with Gasteiger partial charge in [-0.1, -0.05) is 19.9 Å². The fourth-order valence-electron chi connectivity index (χ4n) is 2.19. The zero-order chi connectivity index (χ0) is 12.6. The number of carbonyl (C=O) groups excluding carboxylic acids is 1. The molecule has 1 heterocycles. The summed E-state index contributed by atoms with van der Waals surface area (Å²) in [6.07, 6.45) is 0. The van der Waals surface area contributed by atoms with Crippen LogP contribution in [0.1, 0.15) is 20.8 Å². The lowest BCUT2D eigenvalue weighted by Gasteiger charge is -2.16. The van der Waals surface area contributed by atoms with Crippen LogP contribution >= 0.6 is 0 Å². The maximum atomic E-state index is 12.2. The van der Waals surface area contributed by atoms with Crippen molar-refractivity contribution in [2.45, 2.75) is 20.8 Å². The van der Waals surface area contributed by atoms with Crippen molar-refractivity contribution in [2.75, 3.05) is 10.7 Å². The van der Waals surface area contributed by atoms with E-state index in [0.717, 1.165) is 11.4 Å². The van der Waals surface area contributed by atoms with E-state index in [-0.39, 0.29) is 17.7 Å². The van der Waals surface area contributed by atoms with E-state index in [2.05, 4.69) is 5.10 Å². The highest BCUT2D eigenvalue weighted by Gasteiger charge is 2.36. The molecule has 0 aromatic heterocycles. The van der Waals surface area contributed by atoms with Crippen molar-refractivity contribution in [1.82, 2.24) is 0 Å². The van der Waals surface area contributed by atoms with Crippen LogP contribution in [0.2, 0.25) is 0 Å². The molecule has 1 aromatic rings. The molecular weight excluding hydrogens is 214 g/mol. The number of amides is 1. The van der Waals surface area contributed by atoms with E-state index in [4.69, 9.17) is 5.73 Å². The lowest BCUT2D eigenvalue weighted by atomic mass is 9.92. The van der Waals surface area contributed by atoms with Crippen LogP contribution in [0, 0.1) is 11.8 Å². The number of nitrogen functional groups attached to an aromatic ring is 1. The van der Waals surface area contributed by atoms with Gasteiger partial charge >= 0.3 is 0 Å². The van der Waals surface area contributed by atoms with Gasteiger partial charge in [-0.3, -0.25) is 4.79 Å². The van der Waals surface area contributed by atoms with Crippen LogP contribution in [-0.4, -0.2) is 11.6 Å². The number of carbonyl (C=O) groups is 1. The monoisotopic (exact) mass is 231 g/mol. The molecule has 0 saturated heterocycles. The van der Waals surface area contributed by atoms with E-state index >= 15 is 0 Å². The van der Waals surface area contributed by atoms with Gasteiger partial charge in [0.2, 0.25) is 0 Å². The molecule has 4 heteroatoms.